The first-order chi connectivity index (χ1) is 9.04. The lowest BCUT2D eigenvalue weighted by molar-refractivity contribution is -0.150. The molecule has 1 aliphatic carbocycles. The van der Waals surface area contributed by atoms with E-state index in [1.807, 2.05) is 6.92 Å². The Morgan fingerprint density at radius 1 is 1.37 bits per heavy atom. The Bertz CT molecular complexity index is 357. The fourth-order valence-corrected chi connectivity index (χ4v) is 3.47. The number of carbonyl (C=O) groups is 2. The summed E-state index contributed by atoms with van der Waals surface area (Å²) in [4.78, 5) is 25.4. The van der Waals surface area contributed by atoms with Gasteiger partial charge in [0.1, 0.15) is 6.04 Å². The maximum atomic E-state index is 12.4. The van der Waals surface area contributed by atoms with E-state index in [4.69, 9.17) is 4.74 Å². The van der Waals surface area contributed by atoms with Gasteiger partial charge in [-0.15, -0.1) is 0 Å². The fraction of sp³-hybridized carbons (Fsp3) is 0.857. The molecule has 1 aliphatic heterocycles. The van der Waals surface area contributed by atoms with Gasteiger partial charge in [-0.25, -0.2) is 4.79 Å². The molecule has 1 heterocycles. The Kier molecular flexibility index (Phi) is 4.45. The summed E-state index contributed by atoms with van der Waals surface area (Å²) in [5, 5.41) is 9.35. The summed E-state index contributed by atoms with van der Waals surface area (Å²) in [6.07, 6.45) is 4.97. The van der Waals surface area contributed by atoms with Crippen LogP contribution in [0, 0.1) is 5.92 Å². The standard InChI is InChI=1S/C14H23NO4/c1-9(19-2)7-13(16)15-11-6-4-3-5-10(11)8-12(15)14(17)18/h9-12H,3-8H2,1-2H3,(H,17,18)/t9-,10-,11-,12+/m1/s1. The molecule has 1 saturated heterocycles. The molecule has 1 saturated carbocycles. The summed E-state index contributed by atoms with van der Waals surface area (Å²) >= 11 is 0. The van der Waals surface area contributed by atoms with Gasteiger partial charge in [0.15, 0.2) is 0 Å². The van der Waals surface area contributed by atoms with Crippen LogP contribution in [0.2, 0.25) is 0 Å². The minimum absolute atomic E-state index is 0.0730. The second-order valence-electron chi connectivity index (χ2n) is 5.75. The van der Waals surface area contributed by atoms with Gasteiger partial charge in [0.05, 0.1) is 12.5 Å². The summed E-state index contributed by atoms with van der Waals surface area (Å²) in [6.45, 7) is 1.84. The second-order valence-corrected chi connectivity index (χ2v) is 5.75. The molecule has 0 spiro atoms. The van der Waals surface area contributed by atoms with Crippen LogP contribution in [0.5, 0.6) is 0 Å². The third-order valence-electron chi connectivity index (χ3n) is 4.53. The predicted molar refractivity (Wildman–Crippen MR) is 69.7 cm³/mol. The van der Waals surface area contributed by atoms with Crippen LogP contribution in [0.15, 0.2) is 0 Å². The number of carbonyl (C=O) groups excluding carboxylic acids is 1. The third-order valence-corrected chi connectivity index (χ3v) is 4.53. The number of carboxylic acids is 1. The zero-order valence-electron chi connectivity index (χ0n) is 11.7. The van der Waals surface area contributed by atoms with Crippen molar-refractivity contribution in [3.05, 3.63) is 0 Å². The molecular weight excluding hydrogens is 246 g/mol. The highest BCUT2D eigenvalue weighted by atomic mass is 16.5. The molecular formula is C14H23NO4. The van der Waals surface area contributed by atoms with Gasteiger partial charge < -0.3 is 14.7 Å². The van der Waals surface area contributed by atoms with E-state index in [9.17, 15) is 14.7 Å². The van der Waals surface area contributed by atoms with E-state index < -0.39 is 12.0 Å². The average Bonchev–Trinajstić information content (AvgIpc) is 2.78. The van der Waals surface area contributed by atoms with E-state index >= 15 is 0 Å². The van der Waals surface area contributed by atoms with Gasteiger partial charge in [-0.1, -0.05) is 12.8 Å². The van der Waals surface area contributed by atoms with Crippen molar-refractivity contribution in [2.75, 3.05) is 7.11 Å². The number of aliphatic carboxylic acids is 1. The molecule has 2 rings (SSSR count). The number of likely N-dealkylation sites (tertiary alicyclic amines) is 1. The predicted octanol–water partition coefficient (Wildman–Crippen LogP) is 1.66. The zero-order valence-corrected chi connectivity index (χ0v) is 11.7. The molecule has 0 aromatic rings. The van der Waals surface area contributed by atoms with Crippen molar-refractivity contribution < 1.29 is 19.4 Å². The summed E-state index contributed by atoms with van der Waals surface area (Å²) in [7, 11) is 1.57. The van der Waals surface area contributed by atoms with Crippen molar-refractivity contribution in [2.24, 2.45) is 5.92 Å². The molecule has 0 aromatic carbocycles. The number of methoxy groups -OCH3 is 1. The van der Waals surface area contributed by atoms with E-state index in [0.29, 0.717) is 12.3 Å². The van der Waals surface area contributed by atoms with E-state index in [1.165, 1.54) is 0 Å². The van der Waals surface area contributed by atoms with Crippen LogP contribution in [0.4, 0.5) is 0 Å². The average molecular weight is 269 g/mol. The van der Waals surface area contributed by atoms with Gasteiger partial charge in [-0.05, 0) is 32.1 Å². The Morgan fingerprint density at radius 2 is 2.05 bits per heavy atom. The van der Waals surface area contributed by atoms with Crippen LogP contribution in [0.3, 0.4) is 0 Å². The highest BCUT2D eigenvalue weighted by Gasteiger charge is 2.47. The minimum atomic E-state index is -0.868. The fourth-order valence-electron chi connectivity index (χ4n) is 3.47. The molecule has 4 atom stereocenters. The van der Waals surface area contributed by atoms with Gasteiger partial charge >= 0.3 is 5.97 Å². The quantitative estimate of drug-likeness (QED) is 0.842. The summed E-state index contributed by atoms with van der Waals surface area (Å²) in [6, 6.07) is -0.504. The molecule has 2 fully saturated rings. The molecule has 0 aromatic heterocycles. The van der Waals surface area contributed by atoms with E-state index in [0.717, 1.165) is 25.7 Å². The van der Waals surface area contributed by atoms with Gasteiger partial charge in [0.25, 0.3) is 0 Å². The first-order valence-electron chi connectivity index (χ1n) is 7.11. The van der Waals surface area contributed by atoms with Crippen LogP contribution < -0.4 is 0 Å². The van der Waals surface area contributed by atoms with Gasteiger partial charge in [0.2, 0.25) is 5.91 Å². The van der Waals surface area contributed by atoms with Crippen molar-refractivity contribution in [2.45, 2.75) is 63.6 Å². The van der Waals surface area contributed by atoms with Crippen LogP contribution >= 0.6 is 0 Å². The van der Waals surface area contributed by atoms with Crippen LogP contribution in [0.25, 0.3) is 0 Å². The smallest absolute Gasteiger partial charge is 0.326 e. The molecule has 0 bridgehead atoms. The SMILES string of the molecule is CO[C@H](C)CC(=O)N1[C@@H]2CCCC[C@@H]2C[C@H]1C(=O)O. The molecule has 0 radical (unpaired) electrons. The van der Waals surface area contributed by atoms with Crippen molar-refractivity contribution in [3.63, 3.8) is 0 Å². The molecule has 0 unspecified atom stereocenters. The first kappa shape index (κ1) is 14.3. The Morgan fingerprint density at radius 3 is 2.68 bits per heavy atom. The number of ether oxygens (including phenoxy) is 1. The molecule has 108 valence electrons. The minimum Gasteiger partial charge on any atom is -0.480 e. The van der Waals surface area contributed by atoms with Gasteiger partial charge in [-0.3, -0.25) is 4.79 Å². The lowest BCUT2D eigenvalue weighted by atomic mass is 9.84. The number of amides is 1. The van der Waals surface area contributed by atoms with Crippen molar-refractivity contribution in [3.8, 4) is 0 Å². The highest BCUT2D eigenvalue weighted by Crippen LogP contribution is 2.40. The van der Waals surface area contributed by atoms with Gasteiger partial charge in [-0.2, -0.15) is 0 Å². The normalized spacial score (nSPS) is 31.9. The van der Waals surface area contributed by atoms with Crippen molar-refractivity contribution in [1.29, 1.82) is 0 Å². The summed E-state index contributed by atoms with van der Waals surface area (Å²) in [5.41, 5.74) is 0. The Hall–Kier alpha value is -1.10. The van der Waals surface area contributed by atoms with Crippen molar-refractivity contribution >= 4 is 11.9 Å². The third kappa shape index (κ3) is 2.91. The Balaban J connectivity index is 2.13. The van der Waals surface area contributed by atoms with E-state index in [1.54, 1.807) is 12.0 Å². The topological polar surface area (TPSA) is 66.8 Å². The lowest BCUT2D eigenvalue weighted by Crippen LogP contribution is -2.47. The largest absolute Gasteiger partial charge is 0.480 e. The van der Waals surface area contributed by atoms with E-state index in [2.05, 4.69) is 0 Å². The molecule has 5 nitrogen and oxygen atoms in total. The van der Waals surface area contributed by atoms with Crippen LogP contribution in [0.1, 0.15) is 45.4 Å². The Labute approximate surface area is 113 Å². The monoisotopic (exact) mass is 269 g/mol. The molecule has 1 amide bonds. The zero-order chi connectivity index (χ0) is 14.0. The second kappa shape index (κ2) is 5.90. The maximum Gasteiger partial charge on any atom is 0.326 e. The highest BCUT2D eigenvalue weighted by molar-refractivity contribution is 5.85. The van der Waals surface area contributed by atoms with E-state index in [-0.39, 0.29) is 24.5 Å². The van der Waals surface area contributed by atoms with Gasteiger partial charge in [0, 0.05) is 13.2 Å². The summed E-state index contributed by atoms with van der Waals surface area (Å²) < 4.78 is 5.12. The summed E-state index contributed by atoms with van der Waals surface area (Å²) in [5.74, 6) is -0.569. The number of rotatable bonds is 4. The number of fused-ring (bicyclic) bond motifs is 1. The number of carboxylic acid groups (broad SMARTS) is 1. The number of nitrogens with zero attached hydrogens (tertiary/aromatic N) is 1. The number of hydrogen-bond donors (Lipinski definition) is 1. The molecule has 5 heteroatoms. The van der Waals surface area contributed by atoms with Crippen molar-refractivity contribution in [1.82, 2.24) is 4.90 Å². The van der Waals surface area contributed by atoms with Crippen LogP contribution in [-0.4, -0.2) is 47.2 Å². The molecule has 2 aliphatic rings. The molecule has 1 N–H and O–H groups in total. The number of hydrogen-bond acceptors (Lipinski definition) is 3. The molecule has 19 heavy (non-hydrogen) atoms. The van der Waals surface area contributed by atoms with Crippen LogP contribution in [-0.2, 0) is 14.3 Å². The maximum absolute atomic E-state index is 12.4. The lowest BCUT2D eigenvalue weighted by Gasteiger charge is -2.33. The first-order valence-corrected chi connectivity index (χ1v) is 7.11.